The Labute approximate surface area is 125 Å². The topological polar surface area (TPSA) is 92.5 Å². The molecule has 1 aromatic rings. The molecule has 1 amide bonds. The molecule has 1 saturated heterocycles. The van der Waals surface area contributed by atoms with Gasteiger partial charge in [-0.2, -0.15) is 4.31 Å². The molecule has 0 aromatic heterocycles. The van der Waals surface area contributed by atoms with Gasteiger partial charge in [0.25, 0.3) is 0 Å². The Kier molecular flexibility index (Phi) is 4.97. The largest absolute Gasteiger partial charge is 0.354 e. The van der Waals surface area contributed by atoms with Crippen molar-refractivity contribution in [3.05, 3.63) is 29.8 Å². The van der Waals surface area contributed by atoms with E-state index in [1.54, 1.807) is 24.3 Å². The first kappa shape index (κ1) is 15.9. The number of piperidine rings is 1. The maximum Gasteiger partial charge on any atom is 0.243 e. The molecule has 1 aliphatic heterocycles. The van der Waals surface area contributed by atoms with Crippen LogP contribution in [-0.4, -0.2) is 37.8 Å². The van der Waals surface area contributed by atoms with Crippen molar-refractivity contribution in [2.45, 2.75) is 37.2 Å². The van der Waals surface area contributed by atoms with Crippen LogP contribution in [0, 0.1) is 0 Å². The molecule has 0 spiro atoms. The minimum Gasteiger partial charge on any atom is -0.354 e. The molecule has 6 nitrogen and oxygen atoms in total. The molecule has 1 aromatic carbocycles. The predicted molar refractivity (Wildman–Crippen MR) is 79.9 cm³/mol. The Bertz CT molecular complexity index is 608. The van der Waals surface area contributed by atoms with Gasteiger partial charge in [-0.05, 0) is 24.5 Å². The zero-order chi connectivity index (χ0) is 15.5. The molecular formula is C14H21N3O3S. The van der Waals surface area contributed by atoms with E-state index in [0.29, 0.717) is 31.5 Å². The van der Waals surface area contributed by atoms with Crippen LogP contribution in [0.15, 0.2) is 29.2 Å². The van der Waals surface area contributed by atoms with E-state index >= 15 is 0 Å². The van der Waals surface area contributed by atoms with Gasteiger partial charge < -0.3 is 11.1 Å². The lowest BCUT2D eigenvalue weighted by atomic mass is 10.1. The Hall–Kier alpha value is -1.44. The Morgan fingerprint density at radius 1 is 1.33 bits per heavy atom. The molecule has 0 bridgehead atoms. The average molecular weight is 311 g/mol. The van der Waals surface area contributed by atoms with Crippen LogP contribution in [-0.2, 0) is 21.4 Å². The van der Waals surface area contributed by atoms with Gasteiger partial charge in [0, 0.05) is 32.6 Å². The van der Waals surface area contributed by atoms with Gasteiger partial charge in [-0.1, -0.05) is 18.2 Å². The highest BCUT2D eigenvalue weighted by Gasteiger charge is 2.30. The van der Waals surface area contributed by atoms with E-state index in [1.807, 2.05) is 0 Å². The lowest BCUT2D eigenvalue weighted by Crippen LogP contribution is -2.46. The summed E-state index contributed by atoms with van der Waals surface area (Å²) >= 11 is 0. The highest BCUT2D eigenvalue weighted by atomic mass is 32.2. The number of amides is 1. The van der Waals surface area contributed by atoms with Crippen LogP contribution in [0.4, 0.5) is 0 Å². The summed E-state index contributed by atoms with van der Waals surface area (Å²) in [5.74, 6) is -0.0789. The Balaban J connectivity index is 2.13. The fourth-order valence-corrected chi connectivity index (χ4v) is 4.29. The summed E-state index contributed by atoms with van der Waals surface area (Å²) in [5.41, 5.74) is 6.25. The van der Waals surface area contributed by atoms with E-state index in [-0.39, 0.29) is 23.4 Å². The summed E-state index contributed by atoms with van der Waals surface area (Å²) < 4.78 is 26.8. The van der Waals surface area contributed by atoms with Crippen LogP contribution in [0.5, 0.6) is 0 Å². The third-order valence-corrected chi connectivity index (χ3v) is 5.67. The molecule has 0 atom stereocenters. The third-order valence-electron chi connectivity index (χ3n) is 3.67. The lowest BCUT2D eigenvalue weighted by molar-refractivity contribution is -0.119. The number of rotatable bonds is 4. The van der Waals surface area contributed by atoms with Crippen LogP contribution in [0.2, 0.25) is 0 Å². The van der Waals surface area contributed by atoms with E-state index in [9.17, 15) is 13.2 Å². The fourth-order valence-electron chi connectivity index (χ4n) is 2.59. The van der Waals surface area contributed by atoms with Crippen LogP contribution in [0.3, 0.4) is 0 Å². The van der Waals surface area contributed by atoms with Crippen LogP contribution in [0.25, 0.3) is 0 Å². The number of hydrogen-bond donors (Lipinski definition) is 2. The lowest BCUT2D eigenvalue weighted by Gasteiger charge is -2.31. The normalized spacial score (nSPS) is 17.6. The molecule has 0 unspecified atom stereocenters. The number of nitrogens with zero attached hydrogens (tertiary/aromatic N) is 1. The van der Waals surface area contributed by atoms with Crippen molar-refractivity contribution in [2.24, 2.45) is 5.73 Å². The molecule has 7 heteroatoms. The quantitative estimate of drug-likeness (QED) is 0.843. The minimum atomic E-state index is -3.52. The highest BCUT2D eigenvalue weighted by molar-refractivity contribution is 7.89. The van der Waals surface area contributed by atoms with E-state index in [0.717, 1.165) is 0 Å². The Morgan fingerprint density at radius 3 is 2.52 bits per heavy atom. The minimum absolute atomic E-state index is 0.0544. The Morgan fingerprint density at radius 2 is 1.95 bits per heavy atom. The van der Waals surface area contributed by atoms with Crippen molar-refractivity contribution < 1.29 is 13.2 Å². The van der Waals surface area contributed by atoms with Gasteiger partial charge in [0.2, 0.25) is 15.9 Å². The summed E-state index contributed by atoms with van der Waals surface area (Å²) in [6, 6.07) is 6.87. The first-order chi connectivity index (χ1) is 9.95. The number of carbonyl (C=O) groups excluding carboxylic acids is 1. The van der Waals surface area contributed by atoms with E-state index < -0.39 is 10.0 Å². The van der Waals surface area contributed by atoms with Crippen LogP contribution < -0.4 is 11.1 Å². The van der Waals surface area contributed by atoms with Crippen molar-refractivity contribution in [3.63, 3.8) is 0 Å². The number of nitrogens with two attached hydrogens (primary N) is 1. The fraction of sp³-hybridized carbons (Fsp3) is 0.500. The predicted octanol–water partition coefficient (Wildman–Crippen LogP) is 0.435. The first-order valence-electron chi connectivity index (χ1n) is 7.00. The number of hydrogen-bond acceptors (Lipinski definition) is 4. The van der Waals surface area contributed by atoms with Gasteiger partial charge in [-0.25, -0.2) is 8.42 Å². The van der Waals surface area contributed by atoms with Gasteiger partial charge >= 0.3 is 0 Å². The molecule has 1 heterocycles. The highest BCUT2D eigenvalue weighted by Crippen LogP contribution is 2.23. The van der Waals surface area contributed by atoms with E-state index in [4.69, 9.17) is 5.73 Å². The SMILES string of the molecule is CC(=O)NC1CCN(S(=O)(=O)c2ccccc2CN)CC1. The number of nitrogens with one attached hydrogen (secondary N) is 1. The zero-order valence-corrected chi connectivity index (χ0v) is 12.9. The molecule has 0 radical (unpaired) electrons. The summed E-state index contributed by atoms with van der Waals surface area (Å²) in [6.07, 6.45) is 1.26. The van der Waals surface area contributed by atoms with Crippen LogP contribution >= 0.6 is 0 Å². The second-order valence-electron chi connectivity index (χ2n) is 5.19. The monoisotopic (exact) mass is 311 g/mol. The van der Waals surface area contributed by atoms with Gasteiger partial charge in [0.05, 0.1) is 4.90 Å². The number of carbonyl (C=O) groups is 1. The molecule has 0 aliphatic carbocycles. The average Bonchev–Trinajstić information content (AvgIpc) is 2.47. The maximum atomic E-state index is 12.7. The summed E-state index contributed by atoms with van der Waals surface area (Å²) in [7, 11) is -3.52. The molecule has 0 saturated carbocycles. The van der Waals surface area contributed by atoms with Crippen molar-refractivity contribution >= 4 is 15.9 Å². The van der Waals surface area contributed by atoms with Crippen molar-refractivity contribution in [2.75, 3.05) is 13.1 Å². The summed E-state index contributed by atoms with van der Waals surface area (Å²) in [5, 5.41) is 2.84. The molecule has 2 rings (SSSR count). The molecule has 1 fully saturated rings. The number of benzene rings is 1. The van der Waals surface area contributed by atoms with E-state index in [2.05, 4.69) is 5.32 Å². The number of sulfonamides is 1. The molecule has 3 N–H and O–H groups in total. The zero-order valence-electron chi connectivity index (χ0n) is 12.1. The van der Waals surface area contributed by atoms with Gasteiger partial charge in [0.15, 0.2) is 0 Å². The van der Waals surface area contributed by atoms with Crippen molar-refractivity contribution in [1.29, 1.82) is 0 Å². The second-order valence-corrected chi connectivity index (χ2v) is 7.10. The van der Waals surface area contributed by atoms with Crippen LogP contribution in [0.1, 0.15) is 25.3 Å². The van der Waals surface area contributed by atoms with Gasteiger partial charge in [-0.15, -0.1) is 0 Å². The molecule has 1 aliphatic rings. The molecule has 116 valence electrons. The third kappa shape index (κ3) is 3.61. The first-order valence-corrected chi connectivity index (χ1v) is 8.44. The standard InChI is InChI=1S/C14H21N3O3S/c1-11(18)16-13-6-8-17(9-7-13)21(19,20)14-5-3-2-4-12(14)10-15/h2-5,13H,6-10,15H2,1H3,(H,16,18). The summed E-state index contributed by atoms with van der Waals surface area (Å²) in [6.45, 7) is 2.48. The van der Waals surface area contributed by atoms with Gasteiger partial charge in [-0.3, -0.25) is 4.79 Å². The molecular weight excluding hydrogens is 290 g/mol. The van der Waals surface area contributed by atoms with Crippen molar-refractivity contribution in [1.82, 2.24) is 9.62 Å². The maximum absolute atomic E-state index is 12.7. The second kappa shape index (κ2) is 6.55. The van der Waals surface area contributed by atoms with Crippen molar-refractivity contribution in [3.8, 4) is 0 Å². The summed E-state index contributed by atoms with van der Waals surface area (Å²) in [4.78, 5) is 11.3. The molecule has 21 heavy (non-hydrogen) atoms. The smallest absolute Gasteiger partial charge is 0.243 e. The van der Waals surface area contributed by atoms with E-state index in [1.165, 1.54) is 11.2 Å². The van der Waals surface area contributed by atoms with Gasteiger partial charge in [0.1, 0.15) is 0 Å².